The normalized spacial score (nSPS) is 12.6. The number of sulfonamides is 1. The van der Waals surface area contributed by atoms with Crippen LogP contribution in [0, 0.1) is 6.92 Å². The van der Waals surface area contributed by atoms with Crippen LogP contribution in [0.1, 0.15) is 51.7 Å². The maximum atomic E-state index is 12.5. The molecule has 21 heavy (non-hydrogen) atoms. The topological polar surface area (TPSA) is 58.2 Å². The lowest BCUT2D eigenvalue weighted by molar-refractivity contribution is 0.417. The minimum atomic E-state index is -3.48. The minimum Gasteiger partial charge on any atom is -0.313 e. The smallest absolute Gasteiger partial charge is 0.241 e. The van der Waals surface area contributed by atoms with Gasteiger partial charge in [-0.05, 0) is 57.0 Å². The van der Waals surface area contributed by atoms with Crippen LogP contribution in [0.3, 0.4) is 0 Å². The highest BCUT2D eigenvalue weighted by Crippen LogP contribution is 2.19. The molecule has 0 saturated heterocycles. The summed E-state index contributed by atoms with van der Waals surface area (Å²) in [7, 11) is -3.48. The number of nitrogens with one attached hydrogen (secondary N) is 2. The Morgan fingerprint density at radius 1 is 1.19 bits per heavy atom. The molecule has 0 aliphatic rings. The van der Waals surface area contributed by atoms with Gasteiger partial charge in [0.25, 0.3) is 0 Å². The largest absolute Gasteiger partial charge is 0.313 e. The number of hydrogen-bond donors (Lipinski definition) is 2. The van der Waals surface area contributed by atoms with Crippen molar-refractivity contribution in [3.8, 4) is 0 Å². The Morgan fingerprint density at radius 3 is 2.43 bits per heavy atom. The van der Waals surface area contributed by atoms with E-state index < -0.39 is 15.6 Å². The molecule has 0 aromatic heterocycles. The fraction of sp³-hybridized carbons (Fsp3) is 0.625. The molecule has 0 aliphatic heterocycles. The molecule has 4 nitrogen and oxygen atoms in total. The molecular formula is C16H28N2O2S. The monoisotopic (exact) mass is 312 g/mol. The Labute approximate surface area is 129 Å². The van der Waals surface area contributed by atoms with Crippen molar-refractivity contribution in [1.29, 1.82) is 0 Å². The maximum Gasteiger partial charge on any atom is 0.241 e. The SMILES string of the molecule is CCCC(C)(C)NS(=O)(=O)c1ccc(C)c(CNCC)c1. The molecular weight excluding hydrogens is 284 g/mol. The van der Waals surface area contributed by atoms with E-state index in [0.717, 1.165) is 30.5 Å². The van der Waals surface area contributed by atoms with Crippen LogP contribution in [-0.2, 0) is 16.6 Å². The molecule has 0 fully saturated rings. The van der Waals surface area contributed by atoms with Gasteiger partial charge in [-0.25, -0.2) is 13.1 Å². The molecule has 0 bridgehead atoms. The van der Waals surface area contributed by atoms with E-state index in [1.807, 2.05) is 33.8 Å². The van der Waals surface area contributed by atoms with Crippen molar-refractivity contribution in [3.63, 3.8) is 0 Å². The number of rotatable bonds is 8. The van der Waals surface area contributed by atoms with Crippen LogP contribution in [-0.4, -0.2) is 20.5 Å². The zero-order chi connectivity index (χ0) is 16.1. The van der Waals surface area contributed by atoms with Crippen molar-refractivity contribution >= 4 is 10.0 Å². The fourth-order valence-corrected chi connectivity index (χ4v) is 3.86. The minimum absolute atomic E-state index is 0.338. The first kappa shape index (κ1) is 18.1. The van der Waals surface area contributed by atoms with Gasteiger partial charge in [0.15, 0.2) is 0 Å². The Balaban J connectivity index is 3.03. The maximum absolute atomic E-state index is 12.5. The van der Waals surface area contributed by atoms with Gasteiger partial charge in [-0.3, -0.25) is 0 Å². The fourth-order valence-electron chi connectivity index (χ4n) is 2.36. The number of hydrogen-bond acceptors (Lipinski definition) is 3. The first-order valence-corrected chi connectivity index (χ1v) is 9.04. The summed E-state index contributed by atoms with van der Waals surface area (Å²) < 4.78 is 27.9. The molecule has 5 heteroatoms. The summed E-state index contributed by atoms with van der Waals surface area (Å²) in [5.74, 6) is 0. The van der Waals surface area contributed by atoms with Gasteiger partial charge in [0, 0.05) is 12.1 Å². The molecule has 1 rings (SSSR count). The van der Waals surface area contributed by atoms with E-state index in [-0.39, 0.29) is 0 Å². The summed E-state index contributed by atoms with van der Waals surface area (Å²) in [5, 5.41) is 3.24. The third-order valence-electron chi connectivity index (χ3n) is 3.48. The number of aryl methyl sites for hydroxylation is 1. The lowest BCUT2D eigenvalue weighted by Gasteiger charge is -2.25. The standard InChI is InChI=1S/C16H28N2O2S/c1-6-10-16(4,5)18-21(19,20)15-9-8-13(3)14(11-15)12-17-7-2/h8-9,11,17-18H,6-7,10,12H2,1-5H3. The lowest BCUT2D eigenvalue weighted by Crippen LogP contribution is -2.43. The molecule has 0 saturated carbocycles. The Bertz CT molecular complexity index is 566. The van der Waals surface area contributed by atoms with Crippen molar-refractivity contribution < 1.29 is 8.42 Å². The van der Waals surface area contributed by atoms with Gasteiger partial charge in [0.2, 0.25) is 10.0 Å². The van der Waals surface area contributed by atoms with Crippen molar-refractivity contribution in [2.45, 2.75) is 64.4 Å². The summed E-state index contributed by atoms with van der Waals surface area (Å²) in [6, 6.07) is 5.31. The molecule has 0 unspecified atom stereocenters. The van der Waals surface area contributed by atoms with Gasteiger partial charge < -0.3 is 5.32 Å². The third kappa shape index (κ3) is 5.41. The molecule has 0 atom stereocenters. The van der Waals surface area contributed by atoms with E-state index >= 15 is 0 Å². The van der Waals surface area contributed by atoms with E-state index in [1.54, 1.807) is 12.1 Å². The summed E-state index contributed by atoms with van der Waals surface area (Å²) in [4.78, 5) is 0.338. The van der Waals surface area contributed by atoms with E-state index in [0.29, 0.717) is 11.4 Å². The van der Waals surface area contributed by atoms with Crippen LogP contribution in [0.25, 0.3) is 0 Å². The van der Waals surface area contributed by atoms with Gasteiger partial charge in [0.05, 0.1) is 4.90 Å². The summed E-state index contributed by atoms with van der Waals surface area (Å²) in [6.45, 7) is 11.5. The predicted molar refractivity (Wildman–Crippen MR) is 87.9 cm³/mol. The van der Waals surface area contributed by atoms with Crippen molar-refractivity contribution in [1.82, 2.24) is 10.0 Å². The second-order valence-electron chi connectivity index (χ2n) is 6.11. The average molecular weight is 312 g/mol. The van der Waals surface area contributed by atoms with Crippen molar-refractivity contribution in [2.75, 3.05) is 6.54 Å². The van der Waals surface area contributed by atoms with Gasteiger partial charge in [-0.15, -0.1) is 0 Å². The Morgan fingerprint density at radius 2 is 1.86 bits per heavy atom. The number of benzene rings is 1. The molecule has 1 aromatic carbocycles. The summed E-state index contributed by atoms with van der Waals surface area (Å²) >= 11 is 0. The first-order chi connectivity index (χ1) is 9.72. The molecule has 0 spiro atoms. The van der Waals surface area contributed by atoms with E-state index in [2.05, 4.69) is 17.0 Å². The third-order valence-corrected chi connectivity index (χ3v) is 5.18. The van der Waals surface area contributed by atoms with Gasteiger partial charge in [-0.2, -0.15) is 0 Å². The Kier molecular flexibility index (Phi) is 6.38. The van der Waals surface area contributed by atoms with Crippen LogP contribution in [0.15, 0.2) is 23.1 Å². The van der Waals surface area contributed by atoms with Crippen LogP contribution >= 0.6 is 0 Å². The van der Waals surface area contributed by atoms with Crippen molar-refractivity contribution in [2.24, 2.45) is 0 Å². The summed E-state index contributed by atoms with van der Waals surface area (Å²) in [5.41, 5.74) is 1.69. The van der Waals surface area contributed by atoms with Crippen molar-refractivity contribution in [3.05, 3.63) is 29.3 Å². The molecule has 0 radical (unpaired) electrons. The van der Waals surface area contributed by atoms with Crippen LogP contribution in [0.2, 0.25) is 0 Å². The second kappa shape index (κ2) is 7.38. The van der Waals surface area contributed by atoms with Crippen LogP contribution < -0.4 is 10.0 Å². The zero-order valence-corrected chi connectivity index (χ0v) is 14.6. The van der Waals surface area contributed by atoms with Crippen LogP contribution in [0.4, 0.5) is 0 Å². The van der Waals surface area contributed by atoms with Gasteiger partial charge in [0.1, 0.15) is 0 Å². The molecule has 0 amide bonds. The van der Waals surface area contributed by atoms with E-state index in [1.165, 1.54) is 0 Å². The highest BCUT2D eigenvalue weighted by atomic mass is 32.2. The Hall–Kier alpha value is -0.910. The van der Waals surface area contributed by atoms with E-state index in [9.17, 15) is 8.42 Å². The van der Waals surface area contributed by atoms with E-state index in [4.69, 9.17) is 0 Å². The molecule has 120 valence electrons. The molecule has 0 aliphatic carbocycles. The first-order valence-electron chi connectivity index (χ1n) is 7.56. The summed E-state index contributed by atoms with van der Waals surface area (Å²) in [6.07, 6.45) is 1.75. The van der Waals surface area contributed by atoms with Gasteiger partial charge in [-0.1, -0.05) is 26.3 Å². The highest BCUT2D eigenvalue weighted by molar-refractivity contribution is 7.89. The molecule has 1 aromatic rings. The lowest BCUT2D eigenvalue weighted by atomic mass is 10.0. The average Bonchev–Trinajstić information content (AvgIpc) is 2.36. The highest BCUT2D eigenvalue weighted by Gasteiger charge is 2.25. The second-order valence-corrected chi connectivity index (χ2v) is 7.79. The molecule has 0 heterocycles. The quantitative estimate of drug-likeness (QED) is 0.776. The van der Waals surface area contributed by atoms with Crippen LogP contribution in [0.5, 0.6) is 0 Å². The zero-order valence-electron chi connectivity index (χ0n) is 13.8. The molecule has 2 N–H and O–H groups in total. The van der Waals surface area contributed by atoms with Gasteiger partial charge >= 0.3 is 0 Å². The predicted octanol–water partition coefficient (Wildman–Crippen LogP) is 2.96.